The van der Waals surface area contributed by atoms with Gasteiger partial charge in [-0.2, -0.15) is 0 Å². The first-order valence-corrected chi connectivity index (χ1v) is 7.97. The number of sulfone groups is 1. The number of ether oxygens (including phenoxy) is 1. The third-order valence-electron chi connectivity index (χ3n) is 1.57. The maximum absolute atomic E-state index is 11.1. The van der Waals surface area contributed by atoms with E-state index in [4.69, 9.17) is 17.0 Å². The first kappa shape index (κ1) is 13.4. The van der Waals surface area contributed by atoms with Crippen molar-refractivity contribution in [1.29, 1.82) is 0 Å². The van der Waals surface area contributed by atoms with Crippen molar-refractivity contribution in [3.8, 4) is 0 Å². The van der Waals surface area contributed by atoms with Crippen molar-refractivity contribution >= 4 is 59.1 Å². The van der Waals surface area contributed by atoms with Gasteiger partial charge >= 0.3 is 0 Å². The number of rotatable bonds is 3. The Morgan fingerprint density at radius 2 is 2.33 bits per heavy atom. The fourth-order valence-corrected chi connectivity index (χ4v) is 2.72. The molecule has 0 aromatic rings. The van der Waals surface area contributed by atoms with E-state index in [0.29, 0.717) is 6.61 Å². The number of hydrogen-bond donors (Lipinski definition) is 1. The topological polar surface area (TPSA) is 55.4 Å². The fraction of sp³-hybridized carbons (Fsp3) is 0.571. The van der Waals surface area contributed by atoms with E-state index in [1.54, 1.807) is 6.08 Å². The lowest BCUT2D eigenvalue weighted by molar-refractivity contribution is 0.318. The van der Waals surface area contributed by atoms with Crippen molar-refractivity contribution in [1.82, 2.24) is 5.32 Å². The number of nitrogens with one attached hydrogen (secondary N) is 1. The van der Waals surface area contributed by atoms with Gasteiger partial charge in [0, 0.05) is 5.41 Å². The Kier molecular flexibility index (Phi) is 5.01. The van der Waals surface area contributed by atoms with Crippen LogP contribution in [0.15, 0.2) is 11.5 Å². The number of thiocarbonyl (C=S) groups is 1. The van der Waals surface area contributed by atoms with Crippen LogP contribution in [0.5, 0.6) is 0 Å². The summed E-state index contributed by atoms with van der Waals surface area (Å²) in [5, 5.41) is 4.18. The van der Waals surface area contributed by atoms with E-state index in [2.05, 4.69) is 37.2 Å². The van der Waals surface area contributed by atoms with Crippen molar-refractivity contribution in [3.63, 3.8) is 0 Å². The van der Waals surface area contributed by atoms with Gasteiger partial charge in [-0.25, -0.2) is 8.42 Å². The molecule has 4 nitrogen and oxygen atoms in total. The minimum Gasteiger partial charge on any atom is -0.469 e. The second kappa shape index (κ2) is 5.60. The van der Waals surface area contributed by atoms with E-state index < -0.39 is 9.84 Å². The van der Waals surface area contributed by atoms with Gasteiger partial charge in [-0.15, -0.1) is 0 Å². The van der Waals surface area contributed by atoms with Crippen LogP contribution in [-0.4, -0.2) is 35.7 Å². The molecule has 86 valence electrons. The van der Waals surface area contributed by atoms with E-state index in [1.807, 2.05) is 0 Å². The molecule has 0 aromatic heterocycles. The third-order valence-corrected chi connectivity index (χ3v) is 3.73. The summed E-state index contributed by atoms with van der Waals surface area (Å²) in [6.45, 7) is 0.370. The maximum Gasteiger partial charge on any atom is 0.257 e. The molecule has 0 unspecified atom stereocenters. The second-order valence-corrected chi connectivity index (χ2v) is 8.64. The van der Waals surface area contributed by atoms with Crippen LogP contribution >= 0.6 is 44.1 Å². The minimum atomic E-state index is -3.05. The lowest BCUT2D eigenvalue weighted by Gasteiger charge is -2.13. The lowest BCUT2D eigenvalue weighted by Crippen LogP contribution is -2.36. The van der Waals surface area contributed by atoms with E-state index in [-0.39, 0.29) is 20.7 Å². The Hall–Kier alpha value is 0.340. The van der Waals surface area contributed by atoms with Gasteiger partial charge in [0.2, 0.25) is 0 Å². The summed E-state index contributed by atoms with van der Waals surface area (Å²) in [6, 6.07) is -0.286. The summed E-state index contributed by atoms with van der Waals surface area (Å²) in [5.74, 6) is 0.0303. The van der Waals surface area contributed by atoms with E-state index >= 15 is 0 Å². The zero-order valence-electron chi connectivity index (χ0n) is 7.52. The van der Waals surface area contributed by atoms with Crippen molar-refractivity contribution in [2.24, 2.45) is 0 Å². The second-order valence-electron chi connectivity index (χ2n) is 2.90. The lowest BCUT2D eigenvalue weighted by atomic mass is 10.3. The average Bonchev–Trinajstić information content (AvgIpc) is 2.42. The van der Waals surface area contributed by atoms with E-state index in [1.165, 1.54) is 5.41 Å². The molecule has 1 rings (SSSR count). The van der Waals surface area contributed by atoms with Gasteiger partial charge in [-0.05, 0) is 18.3 Å². The molecule has 15 heavy (non-hydrogen) atoms. The summed E-state index contributed by atoms with van der Waals surface area (Å²) < 4.78 is 27.3. The van der Waals surface area contributed by atoms with Gasteiger partial charge in [0.05, 0.1) is 11.8 Å². The van der Waals surface area contributed by atoms with E-state index in [9.17, 15) is 8.42 Å². The molecule has 0 saturated heterocycles. The summed E-state index contributed by atoms with van der Waals surface area (Å²) in [7, 11) is -3.05. The molecule has 0 amide bonds. The Balaban J connectivity index is 2.32. The molecule has 0 aromatic carbocycles. The predicted molar refractivity (Wildman–Crippen MR) is 70.0 cm³/mol. The standard InChI is InChI=1S/C7H9Br2NO3S2/c8-6(9)3-13-7(14)10-5-1-2-15(11,12)4-5/h1-2,5-6H,3-4H2,(H,10,14)/t5-/m1/s1. The highest BCUT2D eigenvalue weighted by molar-refractivity contribution is 9.24. The summed E-state index contributed by atoms with van der Waals surface area (Å²) in [4.78, 5) is 0. The van der Waals surface area contributed by atoms with Gasteiger partial charge in [-0.3, -0.25) is 0 Å². The fourth-order valence-electron chi connectivity index (χ4n) is 0.997. The van der Waals surface area contributed by atoms with Crippen molar-refractivity contribution in [2.75, 3.05) is 12.4 Å². The van der Waals surface area contributed by atoms with Crippen LogP contribution < -0.4 is 5.32 Å². The quantitative estimate of drug-likeness (QED) is 0.592. The first-order chi connectivity index (χ1) is 6.89. The Morgan fingerprint density at radius 1 is 1.67 bits per heavy atom. The molecular formula is C7H9Br2NO3S2. The van der Waals surface area contributed by atoms with Gasteiger partial charge in [0.1, 0.15) is 10.3 Å². The van der Waals surface area contributed by atoms with Crippen molar-refractivity contribution in [2.45, 2.75) is 9.78 Å². The Morgan fingerprint density at radius 3 is 2.80 bits per heavy atom. The molecule has 1 aliphatic rings. The zero-order chi connectivity index (χ0) is 11.5. The van der Waals surface area contributed by atoms with Crippen LogP contribution in [0.2, 0.25) is 0 Å². The molecule has 1 aliphatic heterocycles. The summed E-state index contributed by atoms with van der Waals surface area (Å²) >= 11 is 11.3. The SMILES string of the molecule is O=S1(=O)C=C[C@@H](NC(=S)OCC(Br)Br)C1. The molecular weight excluding hydrogens is 370 g/mol. The highest BCUT2D eigenvalue weighted by Crippen LogP contribution is 2.10. The van der Waals surface area contributed by atoms with Crippen molar-refractivity contribution in [3.05, 3.63) is 11.5 Å². The molecule has 1 N–H and O–H groups in total. The van der Waals surface area contributed by atoms with Gasteiger partial charge in [0.25, 0.3) is 5.17 Å². The normalized spacial score (nSPS) is 23.0. The van der Waals surface area contributed by atoms with Crippen LogP contribution in [0, 0.1) is 0 Å². The first-order valence-electron chi connectivity index (χ1n) is 4.01. The van der Waals surface area contributed by atoms with Gasteiger partial charge in [-0.1, -0.05) is 31.9 Å². The van der Waals surface area contributed by atoms with Crippen LogP contribution in [0.4, 0.5) is 0 Å². The van der Waals surface area contributed by atoms with Crippen molar-refractivity contribution < 1.29 is 13.2 Å². The monoisotopic (exact) mass is 377 g/mol. The highest BCUT2D eigenvalue weighted by atomic mass is 79.9. The predicted octanol–water partition coefficient (Wildman–Crippen LogP) is 1.30. The molecule has 0 aliphatic carbocycles. The average molecular weight is 379 g/mol. The summed E-state index contributed by atoms with van der Waals surface area (Å²) in [6.07, 6.45) is 1.56. The van der Waals surface area contributed by atoms with Crippen LogP contribution in [-0.2, 0) is 14.6 Å². The van der Waals surface area contributed by atoms with Crippen LogP contribution in [0.1, 0.15) is 0 Å². The maximum atomic E-state index is 11.1. The van der Waals surface area contributed by atoms with E-state index in [0.717, 1.165) is 0 Å². The molecule has 0 radical (unpaired) electrons. The number of halogens is 2. The molecule has 8 heteroatoms. The summed E-state index contributed by atoms with van der Waals surface area (Å²) in [5.41, 5.74) is 0. The van der Waals surface area contributed by atoms with Gasteiger partial charge in [0.15, 0.2) is 9.84 Å². The molecule has 0 bridgehead atoms. The van der Waals surface area contributed by atoms with Gasteiger partial charge < -0.3 is 10.1 Å². The van der Waals surface area contributed by atoms with Crippen LogP contribution in [0.3, 0.4) is 0 Å². The highest BCUT2D eigenvalue weighted by Gasteiger charge is 2.22. The molecule has 1 atom stereocenters. The molecule has 0 saturated carbocycles. The minimum absolute atomic E-state index is 0.0209. The third kappa shape index (κ3) is 5.28. The number of hydrogen-bond acceptors (Lipinski definition) is 4. The molecule has 0 spiro atoms. The Labute approximate surface area is 111 Å². The Bertz CT molecular complexity index is 366. The molecule has 1 heterocycles. The molecule has 0 fully saturated rings. The zero-order valence-corrected chi connectivity index (χ0v) is 12.3. The largest absolute Gasteiger partial charge is 0.469 e. The smallest absolute Gasteiger partial charge is 0.257 e. The number of alkyl halides is 2. The van der Waals surface area contributed by atoms with Crippen LogP contribution in [0.25, 0.3) is 0 Å².